The van der Waals surface area contributed by atoms with Crippen LogP contribution in [0.15, 0.2) is 0 Å². The predicted octanol–water partition coefficient (Wildman–Crippen LogP) is 2.78. The molecule has 0 unspecified atom stereocenters. The van der Waals surface area contributed by atoms with Gasteiger partial charge in [-0.05, 0) is 25.7 Å². The van der Waals surface area contributed by atoms with Gasteiger partial charge < -0.3 is 4.98 Å². The van der Waals surface area contributed by atoms with Crippen LogP contribution >= 0.6 is 0 Å². The summed E-state index contributed by atoms with van der Waals surface area (Å²) in [5.41, 5.74) is 2.01. The molecule has 5 heteroatoms. The third-order valence-electron chi connectivity index (χ3n) is 2.65. The Labute approximate surface area is 85.9 Å². The van der Waals surface area contributed by atoms with Gasteiger partial charge in [0, 0.05) is 12.1 Å². The molecule has 1 aromatic rings. The van der Waals surface area contributed by atoms with Gasteiger partial charge >= 0.3 is 6.18 Å². The van der Waals surface area contributed by atoms with E-state index in [4.69, 9.17) is 0 Å². The van der Waals surface area contributed by atoms with E-state index < -0.39 is 12.6 Å². The summed E-state index contributed by atoms with van der Waals surface area (Å²) in [7, 11) is 0. The van der Waals surface area contributed by atoms with Gasteiger partial charge in [-0.3, -0.25) is 0 Å². The summed E-state index contributed by atoms with van der Waals surface area (Å²) >= 11 is 0. The van der Waals surface area contributed by atoms with E-state index in [-0.39, 0.29) is 6.42 Å². The Hall–Kier alpha value is -1.00. The van der Waals surface area contributed by atoms with Gasteiger partial charge in [0.05, 0.1) is 12.1 Å². The Kier molecular flexibility index (Phi) is 2.71. The van der Waals surface area contributed by atoms with Crippen LogP contribution in [0.3, 0.4) is 0 Å². The third kappa shape index (κ3) is 2.73. The van der Waals surface area contributed by atoms with Gasteiger partial charge in [-0.1, -0.05) is 0 Å². The van der Waals surface area contributed by atoms with Crippen molar-refractivity contribution in [3.05, 3.63) is 17.2 Å². The number of H-pyrrole nitrogens is 1. The molecule has 1 heterocycles. The van der Waals surface area contributed by atoms with E-state index in [1.54, 1.807) is 0 Å². The highest BCUT2D eigenvalue weighted by Gasteiger charge is 2.27. The minimum absolute atomic E-state index is 0.0313. The van der Waals surface area contributed by atoms with E-state index in [0.717, 1.165) is 37.1 Å². The second-order valence-electron chi connectivity index (χ2n) is 3.93. The van der Waals surface area contributed by atoms with Crippen LogP contribution < -0.4 is 0 Å². The quantitative estimate of drug-likeness (QED) is 0.812. The van der Waals surface area contributed by atoms with Crippen molar-refractivity contribution < 1.29 is 13.2 Å². The topological polar surface area (TPSA) is 28.7 Å². The summed E-state index contributed by atoms with van der Waals surface area (Å²) in [6, 6.07) is 0. The maximum absolute atomic E-state index is 12.0. The lowest BCUT2D eigenvalue weighted by Gasteiger charge is -2.07. The van der Waals surface area contributed by atoms with E-state index in [2.05, 4.69) is 9.97 Å². The lowest BCUT2D eigenvalue weighted by molar-refractivity contribution is -0.134. The van der Waals surface area contributed by atoms with Crippen molar-refractivity contribution in [2.75, 3.05) is 0 Å². The molecule has 0 radical (unpaired) electrons. The monoisotopic (exact) mass is 218 g/mol. The number of aromatic amines is 1. The highest BCUT2D eigenvalue weighted by molar-refractivity contribution is 5.17. The molecule has 1 N–H and O–H groups in total. The molecule has 0 aliphatic heterocycles. The first-order valence-electron chi connectivity index (χ1n) is 5.18. The zero-order chi connectivity index (χ0) is 10.9. The summed E-state index contributed by atoms with van der Waals surface area (Å²) in [5, 5.41) is 0. The fourth-order valence-electron chi connectivity index (χ4n) is 1.89. The average Bonchev–Trinajstić information content (AvgIpc) is 2.56. The van der Waals surface area contributed by atoms with Crippen molar-refractivity contribution in [3.63, 3.8) is 0 Å². The molecular weight excluding hydrogens is 205 g/mol. The largest absolute Gasteiger partial charge is 0.389 e. The molecule has 0 amide bonds. The maximum Gasteiger partial charge on any atom is 0.389 e. The van der Waals surface area contributed by atoms with Gasteiger partial charge in [0.15, 0.2) is 0 Å². The number of aryl methyl sites for hydroxylation is 3. The molecule has 0 fully saturated rings. The van der Waals surface area contributed by atoms with Gasteiger partial charge in [0.25, 0.3) is 0 Å². The first-order valence-corrected chi connectivity index (χ1v) is 5.18. The predicted molar refractivity (Wildman–Crippen MR) is 49.6 cm³/mol. The van der Waals surface area contributed by atoms with Gasteiger partial charge in [0.1, 0.15) is 5.82 Å². The minimum Gasteiger partial charge on any atom is -0.346 e. The second-order valence-corrected chi connectivity index (χ2v) is 3.93. The first-order chi connectivity index (χ1) is 7.04. The molecular formula is C10H13F3N2. The molecule has 1 aliphatic rings. The number of rotatable bonds is 2. The average molecular weight is 218 g/mol. The number of aromatic nitrogens is 2. The molecule has 0 saturated heterocycles. The van der Waals surface area contributed by atoms with Crippen LogP contribution in [0.1, 0.15) is 36.5 Å². The molecule has 84 valence electrons. The number of imidazole rings is 1. The Balaban J connectivity index is 2.01. The number of fused-ring (bicyclic) bond motifs is 1. The van der Waals surface area contributed by atoms with Crippen LogP contribution in [0, 0.1) is 0 Å². The van der Waals surface area contributed by atoms with Crippen LogP contribution in [0.2, 0.25) is 0 Å². The summed E-state index contributed by atoms with van der Waals surface area (Å²) < 4.78 is 35.9. The van der Waals surface area contributed by atoms with Crippen LogP contribution in [0.5, 0.6) is 0 Å². The summed E-state index contributed by atoms with van der Waals surface area (Å²) in [4.78, 5) is 7.19. The molecule has 0 aromatic carbocycles. The van der Waals surface area contributed by atoms with Crippen molar-refractivity contribution in [1.82, 2.24) is 9.97 Å². The van der Waals surface area contributed by atoms with Crippen LogP contribution in [0.25, 0.3) is 0 Å². The fourth-order valence-corrected chi connectivity index (χ4v) is 1.89. The molecule has 2 nitrogen and oxygen atoms in total. The summed E-state index contributed by atoms with van der Waals surface area (Å²) in [6.45, 7) is 0. The smallest absolute Gasteiger partial charge is 0.346 e. The lowest BCUT2D eigenvalue weighted by Crippen LogP contribution is -2.09. The van der Waals surface area contributed by atoms with Gasteiger partial charge in [-0.25, -0.2) is 4.98 Å². The highest BCUT2D eigenvalue weighted by atomic mass is 19.4. The Morgan fingerprint density at radius 3 is 2.60 bits per heavy atom. The number of halogens is 3. The molecule has 0 saturated carbocycles. The number of hydrogen-bond acceptors (Lipinski definition) is 1. The van der Waals surface area contributed by atoms with Crippen molar-refractivity contribution in [3.8, 4) is 0 Å². The van der Waals surface area contributed by atoms with E-state index in [1.165, 1.54) is 0 Å². The van der Waals surface area contributed by atoms with E-state index in [1.807, 2.05) is 0 Å². The van der Waals surface area contributed by atoms with Crippen LogP contribution in [0.4, 0.5) is 13.2 Å². The van der Waals surface area contributed by atoms with Gasteiger partial charge in [-0.2, -0.15) is 13.2 Å². The SMILES string of the molecule is FC(F)(F)CCc1nc2c([nH]1)CCCC2. The van der Waals surface area contributed by atoms with Crippen molar-refractivity contribution in [1.29, 1.82) is 0 Å². The molecule has 0 spiro atoms. The van der Waals surface area contributed by atoms with Crippen molar-refractivity contribution in [2.45, 2.75) is 44.7 Å². The van der Waals surface area contributed by atoms with E-state index in [9.17, 15) is 13.2 Å². The summed E-state index contributed by atoms with van der Waals surface area (Å²) in [5.74, 6) is 0.485. The maximum atomic E-state index is 12.0. The van der Waals surface area contributed by atoms with Crippen LogP contribution in [-0.4, -0.2) is 16.1 Å². The number of alkyl halides is 3. The molecule has 15 heavy (non-hydrogen) atoms. The standard InChI is InChI=1S/C10H13F3N2/c11-10(12,13)6-5-9-14-7-3-1-2-4-8(7)15-9/h1-6H2,(H,14,15). The zero-order valence-corrected chi connectivity index (χ0v) is 8.32. The molecule has 2 rings (SSSR count). The van der Waals surface area contributed by atoms with Crippen LogP contribution in [-0.2, 0) is 19.3 Å². The Bertz CT molecular complexity index is 317. The number of nitrogens with one attached hydrogen (secondary N) is 1. The first kappa shape index (κ1) is 10.5. The Morgan fingerprint density at radius 2 is 1.93 bits per heavy atom. The van der Waals surface area contributed by atoms with Gasteiger partial charge in [0.2, 0.25) is 0 Å². The number of hydrogen-bond donors (Lipinski definition) is 1. The number of nitrogens with zero attached hydrogens (tertiary/aromatic N) is 1. The van der Waals surface area contributed by atoms with Crippen molar-refractivity contribution in [2.24, 2.45) is 0 Å². The molecule has 1 aliphatic carbocycles. The van der Waals surface area contributed by atoms with Crippen molar-refractivity contribution >= 4 is 0 Å². The van der Waals surface area contributed by atoms with E-state index >= 15 is 0 Å². The second kappa shape index (κ2) is 3.87. The summed E-state index contributed by atoms with van der Waals surface area (Å²) in [6.07, 6.45) is -0.889. The molecule has 0 bridgehead atoms. The normalized spacial score (nSPS) is 16.5. The Morgan fingerprint density at radius 1 is 1.20 bits per heavy atom. The zero-order valence-electron chi connectivity index (χ0n) is 8.32. The highest BCUT2D eigenvalue weighted by Crippen LogP contribution is 2.23. The minimum atomic E-state index is -4.09. The molecule has 0 atom stereocenters. The lowest BCUT2D eigenvalue weighted by atomic mass is 10.0. The van der Waals surface area contributed by atoms with Gasteiger partial charge in [-0.15, -0.1) is 0 Å². The fraction of sp³-hybridized carbons (Fsp3) is 0.700. The molecule has 1 aromatic heterocycles. The third-order valence-corrected chi connectivity index (χ3v) is 2.65. The van der Waals surface area contributed by atoms with E-state index in [0.29, 0.717) is 5.82 Å².